The average Bonchev–Trinajstić information content (AvgIpc) is 3.34. The second kappa shape index (κ2) is 11.2. The van der Waals surface area contributed by atoms with Crippen LogP contribution in [0.1, 0.15) is 29.6 Å². The zero-order valence-electron chi connectivity index (χ0n) is 15.2. The fourth-order valence-electron chi connectivity index (χ4n) is 2.17. The Morgan fingerprint density at radius 3 is 2.68 bits per heavy atom. The van der Waals surface area contributed by atoms with Crippen LogP contribution in [0.5, 0.6) is 0 Å². The van der Waals surface area contributed by atoms with Crippen LogP contribution in [0.2, 0.25) is 5.02 Å². The molecule has 5 nitrogen and oxygen atoms in total. The predicted molar refractivity (Wildman–Crippen MR) is 120 cm³/mol. The number of hydrogen-bond acceptors (Lipinski definition) is 8. The molecule has 1 aromatic carbocycles. The summed E-state index contributed by atoms with van der Waals surface area (Å²) in [5.74, 6) is 1.17. The lowest BCUT2D eigenvalue weighted by atomic mass is 10.2. The topological polar surface area (TPSA) is 67.8 Å². The van der Waals surface area contributed by atoms with Gasteiger partial charge in [-0.3, -0.25) is 4.79 Å². The first kappa shape index (κ1) is 21.6. The van der Waals surface area contributed by atoms with Crippen molar-refractivity contribution in [1.29, 1.82) is 0 Å². The Bertz CT molecular complexity index is 897. The van der Waals surface area contributed by atoms with E-state index in [1.165, 1.54) is 28.7 Å². The number of aromatic nitrogens is 3. The molecule has 0 saturated carbocycles. The molecule has 0 saturated heterocycles. The number of benzene rings is 1. The summed E-state index contributed by atoms with van der Waals surface area (Å²) in [6.07, 6.45) is 1.75. The first-order chi connectivity index (χ1) is 13.6. The lowest BCUT2D eigenvalue weighted by Gasteiger charge is -2.00. The molecule has 0 bridgehead atoms. The number of carbonyl (C=O) groups excluding carboxylic acids is 1. The Labute approximate surface area is 185 Å². The molecule has 0 atom stereocenters. The Morgan fingerprint density at radius 1 is 1.18 bits per heavy atom. The van der Waals surface area contributed by atoms with Gasteiger partial charge in [-0.15, -0.1) is 21.5 Å². The van der Waals surface area contributed by atoms with E-state index >= 15 is 0 Å². The zero-order chi connectivity index (χ0) is 19.8. The molecular formula is C18H19ClN4OS4. The third-order valence-corrected chi connectivity index (χ3v) is 7.87. The average molecular weight is 471 g/mol. The molecule has 28 heavy (non-hydrogen) atoms. The second-order valence-electron chi connectivity index (χ2n) is 5.80. The Kier molecular flexibility index (Phi) is 8.60. The van der Waals surface area contributed by atoms with Crippen LogP contribution in [0, 0.1) is 0 Å². The summed E-state index contributed by atoms with van der Waals surface area (Å²) in [5.41, 5.74) is 2.24. The van der Waals surface area contributed by atoms with Crippen molar-refractivity contribution in [2.45, 2.75) is 34.2 Å². The molecule has 0 unspecified atom stereocenters. The van der Waals surface area contributed by atoms with Crippen LogP contribution in [0.3, 0.4) is 0 Å². The van der Waals surface area contributed by atoms with Crippen molar-refractivity contribution in [3.05, 3.63) is 50.9 Å². The van der Waals surface area contributed by atoms with Gasteiger partial charge in [-0.05, 0) is 24.1 Å². The second-order valence-corrected chi connectivity index (χ2v) is 10.6. The highest BCUT2D eigenvalue weighted by Crippen LogP contribution is 2.31. The lowest BCUT2D eigenvalue weighted by Crippen LogP contribution is -2.25. The third-order valence-electron chi connectivity index (χ3n) is 3.50. The predicted octanol–water partition coefficient (Wildman–Crippen LogP) is 5.15. The number of carbonyl (C=O) groups is 1. The molecule has 0 fully saturated rings. The van der Waals surface area contributed by atoms with E-state index in [1.54, 1.807) is 23.1 Å². The SMILES string of the molecule is CCCNC(=O)CSc1nnc(SCc2csc(Cc3ccc(Cl)cc3)n2)s1. The number of nitrogens with one attached hydrogen (secondary N) is 1. The molecule has 2 aromatic heterocycles. The van der Waals surface area contributed by atoms with Gasteiger partial charge >= 0.3 is 0 Å². The van der Waals surface area contributed by atoms with Crippen molar-refractivity contribution >= 4 is 63.7 Å². The zero-order valence-corrected chi connectivity index (χ0v) is 19.2. The van der Waals surface area contributed by atoms with E-state index in [2.05, 4.69) is 20.9 Å². The first-order valence-electron chi connectivity index (χ1n) is 8.66. The smallest absolute Gasteiger partial charge is 0.230 e. The van der Waals surface area contributed by atoms with Gasteiger partial charge in [0.15, 0.2) is 8.68 Å². The minimum atomic E-state index is 0.0342. The maximum Gasteiger partial charge on any atom is 0.230 e. The summed E-state index contributed by atoms with van der Waals surface area (Å²) in [5, 5.41) is 15.1. The Morgan fingerprint density at radius 2 is 1.93 bits per heavy atom. The van der Waals surface area contributed by atoms with Crippen molar-refractivity contribution in [3.8, 4) is 0 Å². The van der Waals surface area contributed by atoms with Gasteiger partial charge in [-0.2, -0.15) is 0 Å². The largest absolute Gasteiger partial charge is 0.355 e. The van der Waals surface area contributed by atoms with Crippen LogP contribution in [-0.4, -0.2) is 33.4 Å². The number of hydrogen-bond donors (Lipinski definition) is 1. The number of halogens is 1. The lowest BCUT2D eigenvalue weighted by molar-refractivity contribution is -0.118. The maximum absolute atomic E-state index is 11.6. The molecule has 10 heteroatoms. The van der Waals surface area contributed by atoms with Crippen LogP contribution in [0.4, 0.5) is 0 Å². The number of amides is 1. The van der Waals surface area contributed by atoms with E-state index in [-0.39, 0.29) is 5.91 Å². The molecule has 0 radical (unpaired) electrons. The van der Waals surface area contributed by atoms with Gasteiger partial charge in [0, 0.05) is 29.1 Å². The van der Waals surface area contributed by atoms with Crippen molar-refractivity contribution in [1.82, 2.24) is 20.5 Å². The highest BCUT2D eigenvalue weighted by molar-refractivity contribution is 8.03. The van der Waals surface area contributed by atoms with Gasteiger partial charge < -0.3 is 5.32 Å². The number of nitrogens with zero attached hydrogens (tertiary/aromatic N) is 3. The van der Waals surface area contributed by atoms with E-state index in [1.807, 2.05) is 31.2 Å². The van der Waals surface area contributed by atoms with Crippen LogP contribution < -0.4 is 5.32 Å². The minimum absolute atomic E-state index is 0.0342. The highest BCUT2D eigenvalue weighted by atomic mass is 35.5. The van der Waals surface area contributed by atoms with E-state index in [0.717, 1.165) is 43.0 Å². The van der Waals surface area contributed by atoms with Gasteiger partial charge in [0.2, 0.25) is 5.91 Å². The molecular weight excluding hydrogens is 452 g/mol. The minimum Gasteiger partial charge on any atom is -0.355 e. The van der Waals surface area contributed by atoms with Crippen molar-refractivity contribution in [2.75, 3.05) is 12.3 Å². The Hall–Kier alpha value is -1.13. The van der Waals surface area contributed by atoms with E-state index in [4.69, 9.17) is 16.6 Å². The summed E-state index contributed by atoms with van der Waals surface area (Å²) in [4.78, 5) is 16.3. The third kappa shape index (κ3) is 7.04. The van der Waals surface area contributed by atoms with Crippen LogP contribution in [-0.2, 0) is 17.0 Å². The number of rotatable bonds is 10. The maximum atomic E-state index is 11.6. The van der Waals surface area contributed by atoms with Gasteiger partial charge in [0.25, 0.3) is 0 Å². The first-order valence-corrected chi connectivity index (χ1v) is 12.7. The number of thioether (sulfide) groups is 2. The quantitative estimate of drug-likeness (QED) is 0.413. The van der Waals surface area contributed by atoms with Gasteiger partial charge in [0.1, 0.15) is 0 Å². The molecule has 3 rings (SSSR count). The summed E-state index contributed by atoms with van der Waals surface area (Å²) >= 11 is 12.2. The summed E-state index contributed by atoms with van der Waals surface area (Å²) in [7, 11) is 0. The molecule has 0 aliphatic heterocycles. The molecule has 1 amide bonds. The van der Waals surface area contributed by atoms with Gasteiger partial charge in [-0.1, -0.05) is 65.5 Å². The van der Waals surface area contributed by atoms with Gasteiger partial charge in [-0.25, -0.2) is 4.98 Å². The standard InChI is InChI=1S/C18H19ClN4OS4/c1-2-7-20-15(24)11-27-18-23-22-17(28-18)26-10-14-9-25-16(21-14)8-12-3-5-13(19)6-4-12/h3-6,9H,2,7-8,10-11H2,1H3,(H,20,24). The molecule has 148 valence electrons. The monoisotopic (exact) mass is 470 g/mol. The molecule has 0 spiro atoms. The van der Waals surface area contributed by atoms with E-state index in [0.29, 0.717) is 12.3 Å². The highest BCUT2D eigenvalue weighted by Gasteiger charge is 2.10. The summed E-state index contributed by atoms with van der Waals surface area (Å²) in [6.45, 7) is 2.74. The van der Waals surface area contributed by atoms with Crippen molar-refractivity contribution < 1.29 is 4.79 Å². The molecule has 3 aromatic rings. The fourth-order valence-corrected chi connectivity index (χ4v) is 5.97. The van der Waals surface area contributed by atoms with Crippen LogP contribution >= 0.6 is 57.8 Å². The summed E-state index contributed by atoms with van der Waals surface area (Å²) < 4.78 is 1.71. The van der Waals surface area contributed by atoms with Crippen molar-refractivity contribution in [3.63, 3.8) is 0 Å². The van der Waals surface area contributed by atoms with Crippen LogP contribution in [0.25, 0.3) is 0 Å². The van der Waals surface area contributed by atoms with Crippen molar-refractivity contribution in [2.24, 2.45) is 0 Å². The normalized spacial score (nSPS) is 10.9. The summed E-state index contributed by atoms with van der Waals surface area (Å²) in [6, 6.07) is 7.86. The molecule has 0 aliphatic carbocycles. The van der Waals surface area contributed by atoms with E-state index in [9.17, 15) is 4.79 Å². The molecule has 2 heterocycles. The van der Waals surface area contributed by atoms with Gasteiger partial charge in [0.05, 0.1) is 16.5 Å². The van der Waals surface area contributed by atoms with E-state index < -0.39 is 0 Å². The fraction of sp³-hybridized carbons (Fsp3) is 0.333. The van der Waals surface area contributed by atoms with Crippen LogP contribution in [0.15, 0.2) is 38.3 Å². The number of thiazole rings is 1. The molecule has 0 aliphatic rings. The Balaban J connectivity index is 1.44. The molecule has 1 N–H and O–H groups in total.